The molecule has 0 radical (unpaired) electrons. The molecule has 0 spiro atoms. The minimum atomic E-state index is -1.44. The lowest BCUT2D eigenvalue weighted by molar-refractivity contribution is -0.165. The third-order valence-corrected chi connectivity index (χ3v) is 6.38. The Balaban J connectivity index is 2.13. The lowest BCUT2D eigenvalue weighted by atomic mass is 9.68. The van der Waals surface area contributed by atoms with Gasteiger partial charge in [-0.2, -0.15) is 0 Å². The van der Waals surface area contributed by atoms with E-state index in [4.69, 9.17) is 12.2 Å². The highest BCUT2D eigenvalue weighted by Crippen LogP contribution is 2.70. The second kappa shape index (κ2) is 5.09. The minimum Gasteiger partial charge on any atom is -0.462 e. The van der Waals surface area contributed by atoms with Crippen LogP contribution in [0.5, 0.6) is 0 Å². The summed E-state index contributed by atoms with van der Waals surface area (Å²) < 4.78 is 28.4. The molecule has 3 saturated carbocycles. The van der Waals surface area contributed by atoms with Crippen LogP contribution in [0.25, 0.3) is 0 Å². The molecule has 0 heterocycles. The van der Waals surface area contributed by atoms with E-state index in [-0.39, 0.29) is 35.1 Å². The summed E-state index contributed by atoms with van der Waals surface area (Å²) >= 11 is 0. The predicted molar refractivity (Wildman–Crippen MR) is 86.5 cm³/mol. The fourth-order valence-corrected chi connectivity index (χ4v) is 5.50. The zero-order valence-electron chi connectivity index (χ0n) is 16.6. The van der Waals surface area contributed by atoms with Gasteiger partial charge in [-0.25, -0.2) is 0 Å². The van der Waals surface area contributed by atoms with E-state index in [1.165, 1.54) is 13.8 Å². The molecular formula is C19H28O4. The molecule has 23 heavy (non-hydrogen) atoms. The van der Waals surface area contributed by atoms with Crippen molar-refractivity contribution in [2.45, 2.75) is 66.0 Å². The lowest BCUT2D eigenvalue weighted by Crippen LogP contribution is -2.44. The standard InChI is InChI=1S/C19H28O4/c1-10-7-13-9-19(6)15(23-12(3)21)8-14(22-11(2)20)18(4,5)17(13)16(10)19/h13-17H,1,7-9H2,2-6H3/t13?,14-,15-,16?,17?,19?/m1/s1/i7D2. The molecule has 128 valence electrons. The Morgan fingerprint density at radius 3 is 2.30 bits per heavy atom. The van der Waals surface area contributed by atoms with E-state index in [0.717, 1.165) is 0 Å². The zero-order chi connectivity index (χ0) is 18.9. The van der Waals surface area contributed by atoms with Gasteiger partial charge in [-0.1, -0.05) is 32.9 Å². The van der Waals surface area contributed by atoms with Crippen LogP contribution in [0.4, 0.5) is 0 Å². The van der Waals surface area contributed by atoms with E-state index < -0.39 is 24.0 Å². The van der Waals surface area contributed by atoms with Gasteiger partial charge in [0.2, 0.25) is 0 Å². The fourth-order valence-electron chi connectivity index (χ4n) is 5.50. The molecule has 4 nitrogen and oxygen atoms in total. The quantitative estimate of drug-likeness (QED) is 0.577. The van der Waals surface area contributed by atoms with Crippen molar-refractivity contribution in [2.75, 3.05) is 0 Å². The molecule has 0 aromatic rings. The number of allylic oxidation sites excluding steroid dienone is 1. The molecule has 4 unspecified atom stereocenters. The van der Waals surface area contributed by atoms with Gasteiger partial charge in [-0.3, -0.25) is 9.59 Å². The number of carbonyl (C=O) groups is 2. The molecule has 3 aliphatic carbocycles. The average Bonchev–Trinajstić information content (AvgIpc) is 2.85. The van der Waals surface area contributed by atoms with E-state index in [9.17, 15) is 9.59 Å². The van der Waals surface area contributed by atoms with Crippen LogP contribution in [0.1, 0.15) is 56.6 Å². The van der Waals surface area contributed by atoms with Crippen LogP contribution >= 0.6 is 0 Å². The number of esters is 2. The van der Waals surface area contributed by atoms with Gasteiger partial charge in [0.1, 0.15) is 12.2 Å². The molecule has 0 N–H and O–H groups in total. The molecule has 6 atom stereocenters. The molecule has 0 aliphatic heterocycles. The second-order valence-corrected chi connectivity index (χ2v) is 8.24. The third-order valence-electron chi connectivity index (χ3n) is 6.38. The fraction of sp³-hybridized carbons (Fsp3) is 0.789. The monoisotopic (exact) mass is 322 g/mol. The van der Waals surface area contributed by atoms with Gasteiger partial charge >= 0.3 is 11.9 Å². The lowest BCUT2D eigenvalue weighted by Gasteiger charge is -2.42. The van der Waals surface area contributed by atoms with Gasteiger partial charge < -0.3 is 9.47 Å². The van der Waals surface area contributed by atoms with Crippen molar-refractivity contribution < 1.29 is 21.8 Å². The van der Waals surface area contributed by atoms with E-state index in [1.54, 1.807) is 0 Å². The number of ether oxygens (including phenoxy) is 2. The first kappa shape index (κ1) is 14.1. The van der Waals surface area contributed by atoms with Crippen molar-refractivity contribution in [2.24, 2.45) is 28.6 Å². The summed E-state index contributed by atoms with van der Waals surface area (Å²) in [7, 11) is 0. The highest BCUT2D eigenvalue weighted by atomic mass is 16.6. The zero-order valence-corrected chi connectivity index (χ0v) is 14.6. The number of hydrogen-bond donors (Lipinski definition) is 0. The summed E-state index contributed by atoms with van der Waals surface area (Å²) in [6.07, 6.45) is -1.18. The summed E-state index contributed by atoms with van der Waals surface area (Å²) in [4.78, 5) is 23.4. The van der Waals surface area contributed by atoms with Crippen molar-refractivity contribution in [1.82, 2.24) is 0 Å². The Morgan fingerprint density at radius 1 is 1.17 bits per heavy atom. The highest BCUT2D eigenvalue weighted by molar-refractivity contribution is 5.67. The molecule has 4 heteroatoms. The third kappa shape index (κ3) is 2.33. The van der Waals surface area contributed by atoms with Crippen LogP contribution in [0.3, 0.4) is 0 Å². The van der Waals surface area contributed by atoms with Crippen LogP contribution in [0.2, 0.25) is 0 Å². The van der Waals surface area contributed by atoms with Gasteiger partial charge in [0.25, 0.3) is 0 Å². The average molecular weight is 322 g/mol. The maximum Gasteiger partial charge on any atom is 0.302 e. The SMILES string of the molecule is [2H]C1([2H])C(=C)C2C3C1CC2(C)[C@H](OC(C)=O)C[C@@H](OC(C)=O)C3(C)C. The summed E-state index contributed by atoms with van der Waals surface area (Å²) in [6, 6.07) is 0. The number of carbonyl (C=O) groups excluding carboxylic acids is 2. The largest absolute Gasteiger partial charge is 0.462 e. The Kier molecular flexibility index (Phi) is 3.11. The van der Waals surface area contributed by atoms with Gasteiger partial charge in [-0.05, 0) is 30.5 Å². The summed E-state index contributed by atoms with van der Waals surface area (Å²) in [5.41, 5.74) is -0.207. The van der Waals surface area contributed by atoms with Gasteiger partial charge in [0, 0.05) is 33.8 Å². The van der Waals surface area contributed by atoms with E-state index in [1.807, 2.05) is 13.8 Å². The summed E-state index contributed by atoms with van der Waals surface area (Å²) in [5, 5.41) is 0. The number of rotatable bonds is 2. The van der Waals surface area contributed by atoms with Crippen molar-refractivity contribution in [3.8, 4) is 0 Å². The van der Waals surface area contributed by atoms with Crippen molar-refractivity contribution in [3.05, 3.63) is 12.2 Å². The molecule has 0 amide bonds. The van der Waals surface area contributed by atoms with Crippen molar-refractivity contribution >= 4 is 11.9 Å². The van der Waals surface area contributed by atoms with Crippen LogP contribution in [0.15, 0.2) is 12.2 Å². The van der Waals surface area contributed by atoms with Crippen LogP contribution in [-0.2, 0) is 19.1 Å². The van der Waals surface area contributed by atoms with Crippen LogP contribution in [-0.4, -0.2) is 24.1 Å². The normalized spacial score (nSPS) is 47.3. The van der Waals surface area contributed by atoms with Gasteiger partial charge in [0.15, 0.2) is 0 Å². The van der Waals surface area contributed by atoms with Gasteiger partial charge in [-0.15, -0.1) is 0 Å². The first-order valence-electron chi connectivity index (χ1n) is 9.37. The van der Waals surface area contributed by atoms with E-state index in [0.29, 0.717) is 18.4 Å². The number of hydrogen-bond acceptors (Lipinski definition) is 4. The smallest absolute Gasteiger partial charge is 0.302 e. The second-order valence-electron chi connectivity index (χ2n) is 8.24. The Labute approximate surface area is 141 Å². The molecule has 3 fully saturated rings. The topological polar surface area (TPSA) is 52.6 Å². The van der Waals surface area contributed by atoms with Gasteiger partial charge in [0.05, 0.1) is 0 Å². The summed E-state index contributed by atoms with van der Waals surface area (Å²) in [5.74, 6) is -1.02. The molecular weight excluding hydrogens is 292 g/mol. The molecule has 3 rings (SSSR count). The Hall–Kier alpha value is -1.32. The molecule has 4 bridgehead atoms. The molecule has 0 aromatic heterocycles. The minimum absolute atomic E-state index is 0.00454. The van der Waals surface area contributed by atoms with Crippen LogP contribution < -0.4 is 0 Å². The Bertz CT molecular complexity index is 641. The first-order valence-corrected chi connectivity index (χ1v) is 8.37. The maximum absolute atomic E-state index is 11.7. The molecule has 0 aromatic carbocycles. The van der Waals surface area contributed by atoms with E-state index >= 15 is 0 Å². The van der Waals surface area contributed by atoms with Crippen LogP contribution in [0, 0.1) is 28.6 Å². The molecule has 0 saturated heterocycles. The highest BCUT2D eigenvalue weighted by Gasteiger charge is 2.67. The Morgan fingerprint density at radius 2 is 1.74 bits per heavy atom. The maximum atomic E-state index is 11.7. The summed E-state index contributed by atoms with van der Waals surface area (Å²) in [6.45, 7) is 13.0. The van der Waals surface area contributed by atoms with Crippen molar-refractivity contribution in [1.29, 1.82) is 0 Å². The van der Waals surface area contributed by atoms with Crippen molar-refractivity contribution in [3.63, 3.8) is 0 Å². The first-order chi connectivity index (χ1) is 11.3. The molecule has 3 aliphatic rings. The van der Waals surface area contributed by atoms with E-state index in [2.05, 4.69) is 13.5 Å². The predicted octanol–water partition coefficient (Wildman–Crippen LogP) is 3.50.